The third kappa shape index (κ3) is 2.88. The van der Waals surface area contributed by atoms with Crippen LogP contribution in [0.1, 0.15) is 24.5 Å². The van der Waals surface area contributed by atoms with Crippen molar-refractivity contribution < 1.29 is 8.42 Å². The van der Waals surface area contributed by atoms with E-state index in [1.54, 1.807) is 21.8 Å². The van der Waals surface area contributed by atoms with E-state index in [1.807, 2.05) is 18.2 Å². The molecule has 1 saturated heterocycles. The van der Waals surface area contributed by atoms with Crippen molar-refractivity contribution in [3.05, 3.63) is 52.5 Å². The van der Waals surface area contributed by atoms with Crippen LogP contribution in [-0.2, 0) is 10.0 Å². The Morgan fingerprint density at radius 2 is 2.12 bits per heavy atom. The summed E-state index contributed by atoms with van der Waals surface area (Å²) >= 11 is 7.33. The molecule has 7 heteroatoms. The number of nitrogens with one attached hydrogen (secondary N) is 1. The van der Waals surface area contributed by atoms with Gasteiger partial charge in [0.1, 0.15) is 4.21 Å². The van der Waals surface area contributed by atoms with Gasteiger partial charge in [0.2, 0.25) is 0 Å². The lowest BCUT2D eigenvalue weighted by Crippen LogP contribution is -2.38. The van der Waals surface area contributed by atoms with Crippen LogP contribution < -0.4 is 0 Å². The van der Waals surface area contributed by atoms with Crippen molar-refractivity contribution in [1.82, 2.24) is 9.29 Å². The Balaban J connectivity index is 1.62. The van der Waals surface area contributed by atoms with Crippen LogP contribution in [0.4, 0.5) is 0 Å². The van der Waals surface area contributed by atoms with Gasteiger partial charge in [-0.2, -0.15) is 4.31 Å². The number of halogens is 1. The number of benzene rings is 1. The minimum absolute atomic E-state index is 0.180. The largest absolute Gasteiger partial charge is 0.358 e. The molecule has 0 amide bonds. The predicted octanol–water partition coefficient (Wildman–Crippen LogP) is 4.45. The second kappa shape index (κ2) is 6.19. The van der Waals surface area contributed by atoms with E-state index in [1.165, 1.54) is 11.3 Å². The summed E-state index contributed by atoms with van der Waals surface area (Å²) in [7, 11) is -3.38. The second-order valence-corrected chi connectivity index (χ2v) is 9.64. The first-order valence-corrected chi connectivity index (χ1v) is 10.6. The normalized spacial score (nSPS) is 19.8. The number of hydrogen-bond donors (Lipinski definition) is 1. The summed E-state index contributed by atoms with van der Waals surface area (Å²) in [5.41, 5.74) is 2.12. The van der Waals surface area contributed by atoms with Crippen LogP contribution >= 0.6 is 22.9 Å². The van der Waals surface area contributed by atoms with Gasteiger partial charge in [-0.05, 0) is 48.6 Å². The predicted molar refractivity (Wildman–Crippen MR) is 98.4 cm³/mol. The molecule has 24 heavy (non-hydrogen) atoms. The van der Waals surface area contributed by atoms with Crippen molar-refractivity contribution in [2.24, 2.45) is 0 Å². The fraction of sp³-hybridized carbons (Fsp3) is 0.294. The van der Waals surface area contributed by atoms with Gasteiger partial charge < -0.3 is 4.98 Å². The molecule has 3 aromatic rings. The third-order valence-electron chi connectivity index (χ3n) is 4.52. The number of H-pyrrole nitrogens is 1. The molecule has 1 fully saturated rings. The number of fused-ring (bicyclic) bond motifs is 1. The van der Waals surface area contributed by atoms with E-state index in [0.29, 0.717) is 22.3 Å². The highest BCUT2D eigenvalue weighted by Crippen LogP contribution is 2.33. The Kier molecular flexibility index (Phi) is 4.16. The topological polar surface area (TPSA) is 53.2 Å². The summed E-state index contributed by atoms with van der Waals surface area (Å²) in [5.74, 6) is 0.180. The van der Waals surface area contributed by atoms with Crippen molar-refractivity contribution in [3.8, 4) is 0 Å². The summed E-state index contributed by atoms with van der Waals surface area (Å²) in [5, 5.41) is 3.57. The highest BCUT2D eigenvalue weighted by molar-refractivity contribution is 7.91. The molecule has 0 spiro atoms. The number of thiophene rings is 1. The smallest absolute Gasteiger partial charge is 0.252 e. The summed E-state index contributed by atoms with van der Waals surface area (Å²) in [6.07, 6.45) is 1.85. The molecule has 1 atom stereocenters. The van der Waals surface area contributed by atoms with E-state index < -0.39 is 10.0 Å². The second-order valence-electron chi connectivity index (χ2n) is 6.09. The van der Waals surface area contributed by atoms with Gasteiger partial charge in [0, 0.05) is 40.6 Å². The lowest BCUT2D eigenvalue weighted by atomic mass is 9.96. The van der Waals surface area contributed by atoms with E-state index >= 15 is 0 Å². The molecule has 0 radical (unpaired) electrons. The molecule has 126 valence electrons. The van der Waals surface area contributed by atoms with Crippen molar-refractivity contribution in [2.75, 3.05) is 13.1 Å². The highest BCUT2D eigenvalue weighted by Gasteiger charge is 2.32. The molecule has 0 saturated carbocycles. The fourth-order valence-corrected chi connectivity index (χ4v) is 6.15. The molecule has 1 aromatic carbocycles. The van der Waals surface area contributed by atoms with Crippen molar-refractivity contribution in [2.45, 2.75) is 23.0 Å². The van der Waals surface area contributed by atoms with Crippen LogP contribution in [0, 0.1) is 0 Å². The molecule has 1 unspecified atom stereocenters. The van der Waals surface area contributed by atoms with Crippen LogP contribution in [0.25, 0.3) is 10.9 Å². The van der Waals surface area contributed by atoms with Crippen molar-refractivity contribution in [1.29, 1.82) is 0 Å². The zero-order valence-corrected chi connectivity index (χ0v) is 15.3. The minimum Gasteiger partial charge on any atom is -0.358 e. The zero-order chi connectivity index (χ0) is 16.7. The quantitative estimate of drug-likeness (QED) is 0.729. The first-order valence-electron chi connectivity index (χ1n) is 7.86. The number of aromatic amines is 1. The van der Waals surface area contributed by atoms with Gasteiger partial charge in [-0.1, -0.05) is 17.7 Å². The van der Waals surface area contributed by atoms with Gasteiger partial charge in [-0.3, -0.25) is 0 Å². The Morgan fingerprint density at radius 3 is 2.92 bits per heavy atom. The molecule has 1 aliphatic rings. The molecule has 4 rings (SSSR count). The Morgan fingerprint density at radius 1 is 1.25 bits per heavy atom. The van der Waals surface area contributed by atoms with Gasteiger partial charge in [-0.15, -0.1) is 11.3 Å². The van der Waals surface area contributed by atoms with E-state index in [4.69, 9.17) is 11.6 Å². The van der Waals surface area contributed by atoms with E-state index in [-0.39, 0.29) is 5.92 Å². The Labute approximate surface area is 150 Å². The molecule has 0 aliphatic carbocycles. The minimum atomic E-state index is -3.38. The van der Waals surface area contributed by atoms with E-state index in [9.17, 15) is 8.42 Å². The van der Waals surface area contributed by atoms with Crippen LogP contribution in [-0.4, -0.2) is 30.8 Å². The van der Waals surface area contributed by atoms with E-state index in [0.717, 1.165) is 29.4 Å². The van der Waals surface area contributed by atoms with Gasteiger partial charge >= 0.3 is 0 Å². The number of aromatic nitrogens is 1. The number of rotatable bonds is 3. The van der Waals surface area contributed by atoms with Crippen molar-refractivity contribution >= 4 is 43.9 Å². The Bertz CT molecular complexity index is 964. The van der Waals surface area contributed by atoms with Gasteiger partial charge in [-0.25, -0.2) is 8.42 Å². The van der Waals surface area contributed by atoms with Gasteiger partial charge in [0.25, 0.3) is 10.0 Å². The number of piperidine rings is 1. The maximum Gasteiger partial charge on any atom is 0.252 e. The summed E-state index contributed by atoms with van der Waals surface area (Å²) in [4.78, 5) is 3.42. The van der Waals surface area contributed by atoms with Gasteiger partial charge in [0.15, 0.2) is 0 Å². The SMILES string of the molecule is O=S(=O)(c1cccs1)N1CCCC(c2cc3cc(Cl)ccc3[nH]2)C1. The fourth-order valence-electron chi connectivity index (χ4n) is 3.30. The van der Waals surface area contributed by atoms with Crippen LogP contribution in [0.2, 0.25) is 5.02 Å². The number of hydrogen-bond acceptors (Lipinski definition) is 3. The molecule has 1 N–H and O–H groups in total. The molecule has 3 heterocycles. The van der Waals surface area contributed by atoms with Crippen LogP contribution in [0.3, 0.4) is 0 Å². The standard InChI is InChI=1S/C17H17ClN2O2S2/c18-14-5-6-15-13(9-14)10-16(19-15)12-3-1-7-20(11-12)24(21,22)17-4-2-8-23-17/h2,4-6,8-10,12,19H,1,3,7,11H2. The molecule has 2 aromatic heterocycles. The molecular formula is C17H17ClN2O2S2. The number of nitrogens with zero attached hydrogens (tertiary/aromatic N) is 1. The first kappa shape index (κ1) is 16.1. The molecule has 0 bridgehead atoms. The zero-order valence-electron chi connectivity index (χ0n) is 12.9. The highest BCUT2D eigenvalue weighted by atomic mass is 35.5. The van der Waals surface area contributed by atoms with Crippen LogP contribution in [0.5, 0.6) is 0 Å². The lowest BCUT2D eigenvalue weighted by molar-refractivity contribution is 0.314. The maximum atomic E-state index is 12.8. The molecular weight excluding hydrogens is 364 g/mol. The third-order valence-corrected chi connectivity index (χ3v) is 7.99. The van der Waals surface area contributed by atoms with Crippen molar-refractivity contribution in [3.63, 3.8) is 0 Å². The summed E-state index contributed by atoms with van der Waals surface area (Å²) in [6, 6.07) is 11.3. The molecule has 1 aliphatic heterocycles. The van der Waals surface area contributed by atoms with Crippen LogP contribution in [0.15, 0.2) is 46.0 Å². The summed E-state index contributed by atoms with van der Waals surface area (Å²) < 4.78 is 27.5. The average molecular weight is 381 g/mol. The Hall–Kier alpha value is -1.34. The lowest BCUT2D eigenvalue weighted by Gasteiger charge is -2.31. The van der Waals surface area contributed by atoms with Gasteiger partial charge in [0.05, 0.1) is 0 Å². The van der Waals surface area contributed by atoms with E-state index in [2.05, 4.69) is 11.1 Å². The first-order chi connectivity index (χ1) is 11.5. The maximum absolute atomic E-state index is 12.8. The molecule has 4 nitrogen and oxygen atoms in total. The average Bonchev–Trinajstić information content (AvgIpc) is 3.24. The monoisotopic (exact) mass is 380 g/mol. The number of sulfonamides is 1. The summed E-state index contributed by atoms with van der Waals surface area (Å²) in [6.45, 7) is 1.10.